The molecule has 0 radical (unpaired) electrons. The Labute approximate surface area is 155 Å². The van der Waals surface area contributed by atoms with Gasteiger partial charge in [0.2, 0.25) is 11.8 Å². The summed E-state index contributed by atoms with van der Waals surface area (Å²) in [7, 11) is 0. The van der Waals surface area contributed by atoms with Crippen molar-refractivity contribution in [2.75, 3.05) is 18.4 Å². The molecule has 0 aromatic heterocycles. The fraction of sp³-hybridized carbons (Fsp3) is 0.211. The summed E-state index contributed by atoms with van der Waals surface area (Å²) in [6, 6.07) is 13.8. The predicted molar refractivity (Wildman–Crippen MR) is 99.2 cm³/mol. The van der Waals surface area contributed by atoms with Crippen LogP contribution >= 0.6 is 11.6 Å². The van der Waals surface area contributed by atoms with Crippen LogP contribution in [0.3, 0.4) is 0 Å². The molecule has 1 aliphatic rings. The summed E-state index contributed by atoms with van der Waals surface area (Å²) in [6.07, 6.45) is 0.111. The summed E-state index contributed by atoms with van der Waals surface area (Å²) in [4.78, 5) is 36.2. The highest BCUT2D eigenvalue weighted by molar-refractivity contribution is 6.30. The van der Waals surface area contributed by atoms with Gasteiger partial charge in [-0.05, 0) is 35.9 Å². The number of hydrogen-bond acceptors (Lipinski definition) is 3. The summed E-state index contributed by atoms with van der Waals surface area (Å²) in [6.45, 7) is 0.562. The van der Waals surface area contributed by atoms with E-state index in [1.165, 1.54) is 0 Å². The van der Waals surface area contributed by atoms with E-state index in [-0.39, 0.29) is 37.2 Å². The maximum atomic E-state index is 12.4. The van der Waals surface area contributed by atoms with E-state index in [1.807, 2.05) is 18.2 Å². The largest absolute Gasteiger partial charge is 0.354 e. The molecule has 1 heterocycles. The molecule has 0 spiro atoms. The molecule has 6 nitrogen and oxygen atoms in total. The van der Waals surface area contributed by atoms with E-state index in [0.29, 0.717) is 16.3 Å². The molecular formula is C19H18ClN3O3. The van der Waals surface area contributed by atoms with Crippen molar-refractivity contribution in [2.45, 2.75) is 12.3 Å². The first-order valence-electron chi connectivity index (χ1n) is 8.25. The number of hydrogen-bond donors (Lipinski definition) is 3. The molecule has 3 rings (SSSR count). The number of rotatable bonds is 5. The maximum Gasteiger partial charge on any atom is 0.251 e. The van der Waals surface area contributed by atoms with Gasteiger partial charge in [-0.3, -0.25) is 14.4 Å². The van der Waals surface area contributed by atoms with E-state index in [4.69, 9.17) is 11.6 Å². The Morgan fingerprint density at radius 1 is 1.04 bits per heavy atom. The van der Waals surface area contributed by atoms with Gasteiger partial charge in [0.1, 0.15) is 0 Å². The Morgan fingerprint density at radius 2 is 1.73 bits per heavy atom. The molecule has 0 aliphatic carbocycles. The van der Waals surface area contributed by atoms with Gasteiger partial charge in [0.05, 0.1) is 5.92 Å². The third-order valence-corrected chi connectivity index (χ3v) is 4.38. The van der Waals surface area contributed by atoms with Gasteiger partial charge < -0.3 is 16.0 Å². The molecule has 2 aromatic rings. The minimum Gasteiger partial charge on any atom is -0.354 e. The van der Waals surface area contributed by atoms with Crippen molar-refractivity contribution in [1.82, 2.24) is 10.6 Å². The Hall–Kier alpha value is -2.86. The van der Waals surface area contributed by atoms with E-state index < -0.39 is 5.92 Å². The minimum absolute atomic E-state index is 0.111. The molecule has 26 heavy (non-hydrogen) atoms. The monoisotopic (exact) mass is 371 g/mol. The van der Waals surface area contributed by atoms with Crippen molar-refractivity contribution >= 4 is 35.0 Å². The number of fused-ring (bicyclic) bond motifs is 1. The normalized spacial score (nSPS) is 15.6. The van der Waals surface area contributed by atoms with Crippen LogP contribution in [-0.4, -0.2) is 30.8 Å². The first-order valence-corrected chi connectivity index (χ1v) is 8.62. The van der Waals surface area contributed by atoms with Crippen molar-refractivity contribution in [1.29, 1.82) is 0 Å². The summed E-state index contributed by atoms with van der Waals surface area (Å²) in [5.41, 5.74) is 1.97. The minimum atomic E-state index is -0.521. The molecule has 1 unspecified atom stereocenters. The Bertz CT molecular complexity index is 836. The first-order chi connectivity index (χ1) is 12.5. The van der Waals surface area contributed by atoms with Gasteiger partial charge in [-0.15, -0.1) is 0 Å². The number of para-hydroxylation sites is 1. The average molecular weight is 372 g/mol. The van der Waals surface area contributed by atoms with Crippen LogP contribution in [0.5, 0.6) is 0 Å². The third-order valence-electron chi connectivity index (χ3n) is 4.13. The maximum absolute atomic E-state index is 12.4. The van der Waals surface area contributed by atoms with Gasteiger partial charge in [0.25, 0.3) is 5.91 Å². The van der Waals surface area contributed by atoms with Gasteiger partial charge in [-0.1, -0.05) is 29.8 Å². The molecule has 0 fully saturated rings. The second-order valence-electron chi connectivity index (χ2n) is 5.95. The standard InChI is InChI=1S/C19H18ClN3O3/c20-13-7-5-12(6-8-13)18(25)21-9-10-22-19(26)15-11-17(24)23-16-4-2-1-3-14(15)16/h1-8,15H,9-11H2,(H,21,25)(H,22,26)(H,23,24). The lowest BCUT2D eigenvalue weighted by molar-refractivity contribution is -0.126. The van der Waals surface area contributed by atoms with Gasteiger partial charge in [-0.2, -0.15) is 0 Å². The van der Waals surface area contributed by atoms with Crippen molar-refractivity contribution in [3.63, 3.8) is 0 Å². The molecule has 1 aliphatic heterocycles. The summed E-state index contributed by atoms with van der Waals surface area (Å²) in [5.74, 6) is -1.17. The highest BCUT2D eigenvalue weighted by Crippen LogP contribution is 2.31. The van der Waals surface area contributed by atoms with Gasteiger partial charge in [-0.25, -0.2) is 0 Å². The van der Waals surface area contributed by atoms with Crippen LogP contribution < -0.4 is 16.0 Å². The SMILES string of the molecule is O=C1CC(C(=O)NCCNC(=O)c2ccc(Cl)cc2)c2ccccc2N1. The topological polar surface area (TPSA) is 87.3 Å². The van der Waals surface area contributed by atoms with Crippen LogP contribution in [0.4, 0.5) is 5.69 Å². The fourth-order valence-electron chi connectivity index (χ4n) is 2.83. The Kier molecular flexibility index (Phi) is 5.53. The van der Waals surface area contributed by atoms with Crippen molar-refractivity contribution in [2.24, 2.45) is 0 Å². The number of carbonyl (C=O) groups is 3. The molecule has 2 aromatic carbocycles. The number of carbonyl (C=O) groups excluding carboxylic acids is 3. The van der Waals surface area contributed by atoms with E-state index in [2.05, 4.69) is 16.0 Å². The van der Waals surface area contributed by atoms with Crippen molar-refractivity contribution in [3.05, 3.63) is 64.7 Å². The average Bonchev–Trinajstić information content (AvgIpc) is 2.64. The van der Waals surface area contributed by atoms with Crippen LogP contribution in [0.1, 0.15) is 28.3 Å². The highest BCUT2D eigenvalue weighted by Gasteiger charge is 2.30. The van der Waals surface area contributed by atoms with Crippen LogP contribution in [-0.2, 0) is 9.59 Å². The van der Waals surface area contributed by atoms with Crippen molar-refractivity contribution < 1.29 is 14.4 Å². The summed E-state index contributed by atoms with van der Waals surface area (Å²) < 4.78 is 0. The smallest absolute Gasteiger partial charge is 0.251 e. The number of halogens is 1. The molecule has 7 heteroatoms. The van der Waals surface area contributed by atoms with E-state index in [0.717, 1.165) is 5.56 Å². The van der Waals surface area contributed by atoms with Gasteiger partial charge in [0, 0.05) is 35.8 Å². The van der Waals surface area contributed by atoms with Crippen LogP contribution in [0, 0.1) is 0 Å². The first kappa shape index (κ1) is 17.9. The lowest BCUT2D eigenvalue weighted by Gasteiger charge is -2.24. The van der Waals surface area contributed by atoms with Crippen LogP contribution in [0.15, 0.2) is 48.5 Å². The number of anilines is 1. The lowest BCUT2D eigenvalue weighted by atomic mass is 9.90. The van der Waals surface area contributed by atoms with E-state index in [9.17, 15) is 14.4 Å². The highest BCUT2D eigenvalue weighted by atomic mass is 35.5. The summed E-state index contributed by atoms with van der Waals surface area (Å²) >= 11 is 5.79. The quantitative estimate of drug-likeness (QED) is 0.705. The number of benzene rings is 2. The second-order valence-corrected chi connectivity index (χ2v) is 6.38. The predicted octanol–water partition coefficient (Wildman–Crippen LogP) is 2.31. The molecule has 3 amide bonds. The van der Waals surface area contributed by atoms with Crippen molar-refractivity contribution in [3.8, 4) is 0 Å². The fourth-order valence-corrected chi connectivity index (χ4v) is 2.96. The number of nitrogens with one attached hydrogen (secondary N) is 3. The molecular weight excluding hydrogens is 354 g/mol. The van der Waals surface area contributed by atoms with Gasteiger partial charge in [0.15, 0.2) is 0 Å². The number of amides is 3. The van der Waals surface area contributed by atoms with Gasteiger partial charge >= 0.3 is 0 Å². The summed E-state index contributed by atoms with van der Waals surface area (Å²) in [5, 5.41) is 8.83. The van der Waals surface area contributed by atoms with E-state index >= 15 is 0 Å². The van der Waals surface area contributed by atoms with Crippen LogP contribution in [0.2, 0.25) is 5.02 Å². The zero-order chi connectivity index (χ0) is 18.5. The zero-order valence-electron chi connectivity index (χ0n) is 13.9. The zero-order valence-corrected chi connectivity index (χ0v) is 14.7. The lowest BCUT2D eigenvalue weighted by Crippen LogP contribution is -2.39. The second kappa shape index (κ2) is 8.01. The molecule has 134 valence electrons. The third kappa shape index (κ3) is 4.21. The van der Waals surface area contributed by atoms with E-state index in [1.54, 1.807) is 30.3 Å². The molecule has 0 bridgehead atoms. The molecule has 0 saturated carbocycles. The Balaban J connectivity index is 1.51. The molecule has 0 saturated heterocycles. The van der Waals surface area contributed by atoms with Crippen LogP contribution in [0.25, 0.3) is 0 Å². The Morgan fingerprint density at radius 3 is 2.50 bits per heavy atom. The molecule has 3 N–H and O–H groups in total. The molecule has 1 atom stereocenters.